The normalized spacial score (nSPS) is 16.1. The monoisotopic (exact) mass is 658 g/mol. The summed E-state index contributed by atoms with van der Waals surface area (Å²) in [4.78, 5) is 13.2. The maximum absolute atomic E-state index is 13.9. The van der Waals surface area contributed by atoms with Crippen LogP contribution >= 0.6 is 0 Å². The average Bonchev–Trinajstić information content (AvgIpc) is 3.00. The molecule has 2 N–H and O–H groups in total. The number of sulfone groups is 1. The van der Waals surface area contributed by atoms with E-state index < -0.39 is 55.6 Å². The zero-order chi connectivity index (χ0) is 32.0. The maximum Gasteiger partial charge on any atom is 0.573 e. The molecule has 1 aliphatic rings. The van der Waals surface area contributed by atoms with Gasteiger partial charge in [-0.1, -0.05) is 18.2 Å². The SMILES string of the molecule is COC(CNC(=O)C1(S(=O)(=O)c2ccc(Oc3ccc(OC(F)(F)F)cc3)cc2)CCNCC1)OS(=O)(=O)c1ccccc1. The predicted molar refractivity (Wildman–Crippen MR) is 150 cm³/mol. The van der Waals surface area contributed by atoms with Crippen LogP contribution in [0.3, 0.4) is 0 Å². The van der Waals surface area contributed by atoms with Crippen molar-refractivity contribution in [1.82, 2.24) is 10.6 Å². The van der Waals surface area contributed by atoms with Crippen LogP contribution in [0.2, 0.25) is 0 Å². The fourth-order valence-electron chi connectivity index (χ4n) is 4.48. The highest BCUT2D eigenvalue weighted by Gasteiger charge is 2.51. The van der Waals surface area contributed by atoms with Crippen molar-refractivity contribution in [1.29, 1.82) is 0 Å². The van der Waals surface area contributed by atoms with Gasteiger partial charge in [0.1, 0.15) is 17.2 Å². The van der Waals surface area contributed by atoms with Gasteiger partial charge >= 0.3 is 6.36 Å². The molecule has 1 heterocycles. The number of piperidine rings is 1. The zero-order valence-corrected chi connectivity index (χ0v) is 24.9. The highest BCUT2D eigenvalue weighted by atomic mass is 32.2. The van der Waals surface area contributed by atoms with Gasteiger partial charge in [-0.15, -0.1) is 13.2 Å². The molecule has 44 heavy (non-hydrogen) atoms. The van der Waals surface area contributed by atoms with E-state index in [9.17, 15) is 34.8 Å². The van der Waals surface area contributed by atoms with Gasteiger partial charge in [0.15, 0.2) is 20.9 Å². The largest absolute Gasteiger partial charge is 0.573 e. The molecule has 1 unspecified atom stereocenters. The van der Waals surface area contributed by atoms with E-state index in [2.05, 4.69) is 15.4 Å². The number of amides is 1. The minimum absolute atomic E-state index is 0.0629. The summed E-state index contributed by atoms with van der Waals surface area (Å²) in [6.45, 7) is 0.00858. The number of methoxy groups -OCH3 is 1. The molecule has 1 fully saturated rings. The molecule has 1 atom stereocenters. The average molecular weight is 659 g/mol. The molecule has 4 rings (SSSR count). The number of halogens is 3. The molecular weight excluding hydrogens is 629 g/mol. The molecule has 1 aliphatic heterocycles. The Balaban J connectivity index is 1.47. The topological polar surface area (TPSA) is 146 Å². The van der Waals surface area contributed by atoms with E-state index in [1.54, 1.807) is 6.07 Å². The Morgan fingerprint density at radius 3 is 1.95 bits per heavy atom. The first-order valence-electron chi connectivity index (χ1n) is 13.1. The quantitative estimate of drug-likeness (QED) is 0.218. The molecule has 11 nitrogen and oxygen atoms in total. The van der Waals surface area contributed by atoms with E-state index in [1.165, 1.54) is 67.8 Å². The molecule has 1 amide bonds. The number of nitrogens with one attached hydrogen (secondary N) is 2. The van der Waals surface area contributed by atoms with Gasteiger partial charge in [0.05, 0.1) is 16.3 Å². The number of ether oxygens (including phenoxy) is 3. The first-order valence-corrected chi connectivity index (χ1v) is 16.0. The van der Waals surface area contributed by atoms with Crippen LogP contribution in [0.4, 0.5) is 13.2 Å². The van der Waals surface area contributed by atoms with Crippen molar-refractivity contribution in [3.05, 3.63) is 78.9 Å². The highest BCUT2D eigenvalue weighted by Crippen LogP contribution is 2.35. The van der Waals surface area contributed by atoms with Crippen LogP contribution in [-0.4, -0.2) is 66.9 Å². The number of carbonyl (C=O) groups is 1. The van der Waals surface area contributed by atoms with Crippen LogP contribution in [-0.2, 0) is 33.7 Å². The number of alkyl halides is 3. The lowest BCUT2D eigenvalue weighted by Crippen LogP contribution is -2.58. The minimum Gasteiger partial charge on any atom is -0.457 e. The summed E-state index contributed by atoms with van der Waals surface area (Å²) in [5.41, 5.74) is 0. The Morgan fingerprint density at radius 2 is 1.41 bits per heavy atom. The van der Waals surface area contributed by atoms with Crippen molar-refractivity contribution in [2.75, 3.05) is 26.7 Å². The molecule has 3 aromatic carbocycles. The molecule has 0 bridgehead atoms. The molecule has 1 saturated heterocycles. The van der Waals surface area contributed by atoms with Gasteiger partial charge in [-0.25, -0.2) is 12.6 Å². The third-order valence-electron chi connectivity index (χ3n) is 6.72. The second-order valence-corrected chi connectivity index (χ2v) is 13.4. The van der Waals surface area contributed by atoms with E-state index in [1.807, 2.05) is 0 Å². The van der Waals surface area contributed by atoms with Gasteiger partial charge in [0.25, 0.3) is 10.1 Å². The number of hydrogen-bond acceptors (Lipinski definition) is 10. The predicted octanol–water partition coefficient (Wildman–Crippen LogP) is 3.77. The first kappa shape index (κ1) is 33.2. The van der Waals surface area contributed by atoms with Crippen LogP contribution in [0.15, 0.2) is 88.7 Å². The fourth-order valence-corrected chi connectivity index (χ4v) is 7.52. The summed E-state index contributed by atoms with van der Waals surface area (Å²) < 4.78 is 108. The van der Waals surface area contributed by atoms with Crippen LogP contribution in [0, 0.1) is 0 Å². The van der Waals surface area contributed by atoms with Gasteiger partial charge in [-0.05, 0) is 86.6 Å². The zero-order valence-electron chi connectivity index (χ0n) is 23.2. The molecule has 238 valence electrons. The van der Waals surface area contributed by atoms with Crippen molar-refractivity contribution in [3.63, 3.8) is 0 Å². The van der Waals surface area contributed by atoms with E-state index in [0.29, 0.717) is 0 Å². The third kappa shape index (κ3) is 7.87. The van der Waals surface area contributed by atoms with Crippen LogP contribution in [0.5, 0.6) is 17.2 Å². The van der Waals surface area contributed by atoms with Crippen LogP contribution < -0.4 is 20.1 Å². The summed E-state index contributed by atoms with van der Waals surface area (Å²) in [5.74, 6) is -0.910. The number of benzene rings is 3. The van der Waals surface area contributed by atoms with Crippen molar-refractivity contribution < 1.29 is 53.2 Å². The molecule has 16 heteroatoms. The smallest absolute Gasteiger partial charge is 0.457 e. The minimum atomic E-state index is -4.84. The number of hydrogen-bond donors (Lipinski definition) is 2. The molecule has 3 aromatic rings. The van der Waals surface area contributed by atoms with Crippen molar-refractivity contribution in [2.24, 2.45) is 0 Å². The molecular formula is C28H29F3N2O9S2. The van der Waals surface area contributed by atoms with Crippen molar-refractivity contribution in [3.8, 4) is 17.2 Å². The molecule has 0 aromatic heterocycles. The first-order chi connectivity index (χ1) is 20.8. The van der Waals surface area contributed by atoms with Crippen molar-refractivity contribution in [2.45, 2.75) is 40.0 Å². The number of carbonyl (C=O) groups excluding carboxylic acids is 1. The van der Waals surface area contributed by atoms with E-state index in [0.717, 1.165) is 12.1 Å². The van der Waals surface area contributed by atoms with Gasteiger partial charge in [-0.2, -0.15) is 8.42 Å². The number of rotatable bonds is 12. The van der Waals surface area contributed by atoms with Gasteiger partial charge in [0.2, 0.25) is 5.91 Å². The maximum atomic E-state index is 13.9. The molecule has 0 aliphatic carbocycles. The Kier molecular flexibility index (Phi) is 10.2. The Morgan fingerprint density at radius 1 is 0.864 bits per heavy atom. The second kappa shape index (κ2) is 13.5. The Bertz CT molecular complexity index is 1630. The lowest BCUT2D eigenvalue weighted by molar-refractivity contribution is -0.274. The summed E-state index contributed by atoms with van der Waals surface area (Å²) in [6, 6.07) is 17.2. The third-order valence-corrected chi connectivity index (χ3v) is 10.6. The van der Waals surface area contributed by atoms with Gasteiger partial charge < -0.3 is 24.8 Å². The van der Waals surface area contributed by atoms with Crippen molar-refractivity contribution >= 4 is 25.9 Å². The van der Waals surface area contributed by atoms with E-state index in [-0.39, 0.29) is 47.2 Å². The van der Waals surface area contributed by atoms with E-state index in [4.69, 9.17) is 13.7 Å². The molecule has 0 spiro atoms. The lowest BCUT2D eigenvalue weighted by atomic mass is 9.96. The Hall–Kier alpha value is -3.70. The summed E-state index contributed by atoms with van der Waals surface area (Å²) >= 11 is 0. The lowest BCUT2D eigenvalue weighted by Gasteiger charge is -2.35. The summed E-state index contributed by atoms with van der Waals surface area (Å²) in [6.07, 6.45) is -6.40. The summed E-state index contributed by atoms with van der Waals surface area (Å²) in [5, 5.41) is 5.52. The molecule has 0 radical (unpaired) electrons. The Labute approximate surface area is 252 Å². The van der Waals surface area contributed by atoms with E-state index >= 15 is 0 Å². The van der Waals surface area contributed by atoms with Crippen LogP contribution in [0.25, 0.3) is 0 Å². The highest BCUT2D eigenvalue weighted by molar-refractivity contribution is 7.93. The van der Waals surface area contributed by atoms with Gasteiger partial charge in [-0.3, -0.25) is 4.79 Å². The summed E-state index contributed by atoms with van der Waals surface area (Å²) in [7, 11) is -7.35. The fraction of sp³-hybridized carbons (Fsp3) is 0.321. The van der Waals surface area contributed by atoms with Gasteiger partial charge in [0, 0.05) is 7.11 Å². The standard InChI is InChI=1S/C28H29F3N2O9S2/c1-39-25(42-44(37,38)24-5-3-2-4-6-24)19-33-26(34)27(15-17-32-18-16-27)43(35,36)23-13-11-21(12-14-23)40-20-7-9-22(10-8-20)41-28(29,30)31/h2-14,25,32H,15-19H2,1H3,(H,33,34). The molecule has 0 saturated carbocycles. The van der Waals surface area contributed by atoms with Crippen LogP contribution in [0.1, 0.15) is 12.8 Å². The second-order valence-electron chi connectivity index (χ2n) is 9.58.